The van der Waals surface area contributed by atoms with Crippen molar-refractivity contribution in [1.29, 1.82) is 0 Å². The summed E-state index contributed by atoms with van der Waals surface area (Å²) in [5.41, 5.74) is 5.99. The molecule has 0 fully saturated rings. The van der Waals surface area contributed by atoms with Gasteiger partial charge in [0.05, 0.1) is 0 Å². The van der Waals surface area contributed by atoms with Gasteiger partial charge in [0.2, 0.25) is 0 Å². The van der Waals surface area contributed by atoms with E-state index in [2.05, 4.69) is 39.0 Å². The van der Waals surface area contributed by atoms with Gasteiger partial charge in [0.15, 0.2) is 0 Å². The van der Waals surface area contributed by atoms with Gasteiger partial charge in [0, 0.05) is 0 Å². The summed E-state index contributed by atoms with van der Waals surface area (Å²) in [4.78, 5) is 0. The molecule has 1 aliphatic carbocycles. The molecular formula is C16H21Hf. The van der Waals surface area contributed by atoms with Crippen LogP contribution in [0.5, 0.6) is 0 Å². The number of hydrogen-bond acceptors (Lipinski definition) is 0. The monoisotopic (exact) mass is 393 g/mol. The van der Waals surface area contributed by atoms with Crippen LogP contribution in [0.15, 0.2) is 15.5 Å². The Labute approximate surface area is 120 Å². The van der Waals surface area contributed by atoms with E-state index in [1.54, 1.807) is 8.89 Å². The fourth-order valence-corrected chi connectivity index (χ4v) is 4.27. The number of benzene rings is 1. The van der Waals surface area contributed by atoms with Crippen molar-refractivity contribution in [3.8, 4) is 0 Å². The fraction of sp³-hybridized carbons (Fsp3) is 0.500. The summed E-state index contributed by atoms with van der Waals surface area (Å²) in [6.45, 7) is 6.75. The summed E-state index contributed by atoms with van der Waals surface area (Å²) in [6.07, 6.45) is 7.90. The van der Waals surface area contributed by atoms with Gasteiger partial charge >= 0.3 is 121 Å². The second-order valence-corrected chi connectivity index (χ2v) is 7.29. The molecule has 0 N–H and O–H groups in total. The molecule has 1 aromatic carbocycles. The van der Waals surface area contributed by atoms with Crippen molar-refractivity contribution in [3.63, 3.8) is 0 Å². The summed E-state index contributed by atoms with van der Waals surface area (Å²) in [7, 11) is 0. The molecule has 1 aromatic rings. The molecule has 0 aromatic heterocycles. The molecule has 89 valence electrons. The first-order valence-corrected chi connectivity index (χ1v) is 8.47. The first-order valence-electron chi connectivity index (χ1n) is 6.67. The molecule has 17 heavy (non-hydrogen) atoms. The SMILES string of the molecule is CCCCCC1[C]([Hf])=Cc2cc(C)c(C)cc21. The Morgan fingerprint density at radius 1 is 1.12 bits per heavy atom. The Balaban J connectivity index is 2.22. The number of fused-ring (bicyclic) bond motifs is 1. The number of allylic oxidation sites excluding steroid dienone is 1. The van der Waals surface area contributed by atoms with Crippen molar-refractivity contribution in [1.82, 2.24) is 0 Å². The van der Waals surface area contributed by atoms with Gasteiger partial charge in [-0.3, -0.25) is 0 Å². The molecule has 1 atom stereocenters. The minimum atomic E-state index is 0.752. The molecule has 1 unspecified atom stereocenters. The van der Waals surface area contributed by atoms with E-state index < -0.39 is 0 Å². The molecule has 0 radical (unpaired) electrons. The fourth-order valence-electron chi connectivity index (χ4n) is 2.63. The Bertz CT molecular complexity index is 443. The summed E-state index contributed by atoms with van der Waals surface area (Å²) in [6, 6.07) is 4.81. The van der Waals surface area contributed by atoms with Crippen molar-refractivity contribution in [2.75, 3.05) is 0 Å². The Kier molecular flexibility index (Phi) is 4.41. The van der Waals surface area contributed by atoms with Crippen LogP contribution in [0, 0.1) is 13.8 Å². The molecule has 1 heteroatoms. The third kappa shape index (κ3) is 2.81. The predicted octanol–water partition coefficient (Wildman–Crippen LogP) is 4.87. The molecule has 2 rings (SSSR count). The van der Waals surface area contributed by atoms with E-state index in [9.17, 15) is 0 Å². The van der Waals surface area contributed by atoms with Crippen LogP contribution in [0.2, 0.25) is 0 Å². The molecule has 0 saturated heterocycles. The van der Waals surface area contributed by atoms with Gasteiger partial charge in [-0.25, -0.2) is 0 Å². The average molecular weight is 392 g/mol. The third-order valence-corrected chi connectivity index (χ3v) is 5.63. The van der Waals surface area contributed by atoms with Gasteiger partial charge in [-0.05, 0) is 0 Å². The van der Waals surface area contributed by atoms with Gasteiger partial charge in [0.25, 0.3) is 0 Å². The van der Waals surface area contributed by atoms with E-state index in [1.165, 1.54) is 66.7 Å². The quantitative estimate of drug-likeness (QED) is 0.507. The van der Waals surface area contributed by atoms with Gasteiger partial charge in [-0.15, -0.1) is 0 Å². The molecule has 0 nitrogen and oxygen atoms in total. The number of hydrogen-bond donors (Lipinski definition) is 0. The van der Waals surface area contributed by atoms with Gasteiger partial charge in [-0.2, -0.15) is 0 Å². The van der Waals surface area contributed by atoms with Crippen LogP contribution in [-0.4, -0.2) is 0 Å². The molecule has 0 heterocycles. The zero-order valence-corrected chi connectivity index (χ0v) is 14.7. The van der Waals surface area contributed by atoms with Crippen LogP contribution in [0.4, 0.5) is 0 Å². The third-order valence-electron chi connectivity index (χ3n) is 3.86. The predicted molar refractivity (Wildman–Crippen MR) is 70.8 cm³/mol. The van der Waals surface area contributed by atoms with E-state index in [0.29, 0.717) is 0 Å². The van der Waals surface area contributed by atoms with Gasteiger partial charge < -0.3 is 0 Å². The maximum atomic E-state index is 2.45. The number of rotatable bonds is 4. The van der Waals surface area contributed by atoms with E-state index in [0.717, 1.165) is 5.92 Å². The van der Waals surface area contributed by atoms with Crippen molar-refractivity contribution >= 4 is 6.08 Å². The summed E-state index contributed by atoms with van der Waals surface area (Å²) >= 11 is 1.22. The normalized spacial score (nSPS) is 18.0. The van der Waals surface area contributed by atoms with E-state index >= 15 is 0 Å². The van der Waals surface area contributed by atoms with E-state index in [4.69, 9.17) is 0 Å². The van der Waals surface area contributed by atoms with Crippen molar-refractivity contribution < 1.29 is 24.4 Å². The Hall–Kier alpha value is -0.170. The first kappa shape index (κ1) is 13.3. The van der Waals surface area contributed by atoms with Crippen LogP contribution in [0.3, 0.4) is 0 Å². The first-order chi connectivity index (χ1) is 8.13. The number of aryl methyl sites for hydroxylation is 2. The summed E-state index contributed by atoms with van der Waals surface area (Å²) in [5.74, 6) is 0.752. The van der Waals surface area contributed by atoms with Gasteiger partial charge in [0.1, 0.15) is 0 Å². The molecule has 0 saturated carbocycles. The average Bonchev–Trinajstić information content (AvgIpc) is 2.57. The van der Waals surface area contributed by atoms with Crippen LogP contribution in [0.25, 0.3) is 6.08 Å². The van der Waals surface area contributed by atoms with Crippen LogP contribution in [0.1, 0.15) is 60.8 Å². The summed E-state index contributed by atoms with van der Waals surface area (Å²) in [5, 5.41) is 0. The molecule has 1 aliphatic rings. The standard InChI is InChI=1S/C16H21.Hf/c1-4-5-6-7-14-8-9-15-10-12(2)13(3)11-16(14)15;/h9-11,14H,4-7H2,1-3H3;. The minimum absolute atomic E-state index is 0.752. The molecule has 0 spiro atoms. The van der Waals surface area contributed by atoms with E-state index in [1.807, 2.05) is 0 Å². The molecule has 0 amide bonds. The van der Waals surface area contributed by atoms with Crippen molar-refractivity contribution in [3.05, 3.63) is 37.7 Å². The molecular weight excluding hydrogens is 371 g/mol. The topological polar surface area (TPSA) is 0 Å². The molecule has 0 bridgehead atoms. The zero-order chi connectivity index (χ0) is 12.4. The maximum absolute atomic E-state index is 2.45. The van der Waals surface area contributed by atoms with Crippen LogP contribution >= 0.6 is 0 Å². The van der Waals surface area contributed by atoms with E-state index in [-0.39, 0.29) is 0 Å². The zero-order valence-electron chi connectivity index (χ0n) is 11.1. The van der Waals surface area contributed by atoms with Crippen molar-refractivity contribution in [2.45, 2.75) is 52.4 Å². The second kappa shape index (κ2) is 5.65. The molecule has 0 aliphatic heterocycles. The van der Waals surface area contributed by atoms with Crippen LogP contribution in [-0.2, 0) is 24.4 Å². The number of unbranched alkanes of at least 4 members (excludes halogenated alkanes) is 2. The summed E-state index contributed by atoms with van der Waals surface area (Å²) < 4.78 is 1.70. The van der Waals surface area contributed by atoms with Gasteiger partial charge in [-0.1, -0.05) is 0 Å². The Morgan fingerprint density at radius 2 is 1.82 bits per heavy atom. The van der Waals surface area contributed by atoms with Crippen LogP contribution < -0.4 is 0 Å². The Morgan fingerprint density at radius 3 is 2.53 bits per heavy atom. The van der Waals surface area contributed by atoms with Crippen molar-refractivity contribution in [2.24, 2.45) is 0 Å². The second-order valence-electron chi connectivity index (χ2n) is 5.21.